The predicted molar refractivity (Wildman–Crippen MR) is 184 cm³/mol. The summed E-state index contributed by atoms with van der Waals surface area (Å²) in [5.41, 5.74) is 2.50. The van der Waals surface area contributed by atoms with Gasteiger partial charge in [0, 0.05) is 44.8 Å². The van der Waals surface area contributed by atoms with Gasteiger partial charge in [0.15, 0.2) is 5.13 Å². The van der Waals surface area contributed by atoms with Gasteiger partial charge in [0.2, 0.25) is 5.91 Å². The van der Waals surface area contributed by atoms with Crippen molar-refractivity contribution in [1.29, 1.82) is 0 Å². The first kappa shape index (κ1) is 32.6. The van der Waals surface area contributed by atoms with Crippen LogP contribution in [0.5, 0.6) is 5.75 Å². The number of aromatic nitrogens is 1. The van der Waals surface area contributed by atoms with E-state index in [1.165, 1.54) is 42.3 Å². The predicted octanol–water partition coefficient (Wildman–Crippen LogP) is 6.87. The van der Waals surface area contributed by atoms with Gasteiger partial charge in [-0.25, -0.2) is 4.98 Å². The summed E-state index contributed by atoms with van der Waals surface area (Å²) in [6, 6.07) is 28.8. The number of carbonyl (C=O) groups is 3. The fourth-order valence-electron chi connectivity index (χ4n) is 4.29. The summed E-state index contributed by atoms with van der Waals surface area (Å²) in [5.74, 6) is -0.704. The summed E-state index contributed by atoms with van der Waals surface area (Å²) in [4.78, 5) is 54.9. The van der Waals surface area contributed by atoms with E-state index >= 15 is 0 Å². The molecule has 0 saturated carbocycles. The summed E-state index contributed by atoms with van der Waals surface area (Å²) in [5, 5.41) is 21.5. The molecule has 0 fully saturated rings. The van der Waals surface area contributed by atoms with E-state index < -0.39 is 16.7 Å². The van der Waals surface area contributed by atoms with Crippen molar-refractivity contribution in [2.24, 2.45) is 0 Å². The molecule has 0 unspecified atom stereocenters. The molecule has 0 saturated heterocycles. The lowest BCUT2D eigenvalue weighted by Gasteiger charge is -2.13. The van der Waals surface area contributed by atoms with Crippen LogP contribution >= 0.6 is 23.1 Å². The second-order valence-electron chi connectivity index (χ2n) is 9.78. The number of benzene rings is 4. The summed E-state index contributed by atoms with van der Waals surface area (Å²) >= 11 is 2.47. The van der Waals surface area contributed by atoms with Gasteiger partial charge in [0.1, 0.15) is 11.4 Å². The molecule has 13 heteroatoms. The van der Waals surface area contributed by atoms with E-state index in [-0.39, 0.29) is 23.0 Å². The van der Waals surface area contributed by atoms with Gasteiger partial charge in [0.05, 0.1) is 23.5 Å². The molecule has 5 rings (SSSR count). The normalized spacial score (nSPS) is 11.0. The van der Waals surface area contributed by atoms with E-state index in [0.717, 1.165) is 4.90 Å². The van der Waals surface area contributed by atoms with Crippen molar-refractivity contribution in [3.63, 3.8) is 0 Å². The van der Waals surface area contributed by atoms with Crippen LogP contribution in [0.2, 0.25) is 0 Å². The number of para-hydroxylation sites is 1. The number of hydrogen-bond donors (Lipinski definition) is 3. The average Bonchev–Trinajstić information content (AvgIpc) is 3.56. The molecule has 0 aliphatic rings. The van der Waals surface area contributed by atoms with E-state index in [2.05, 4.69) is 20.9 Å². The maximum Gasteiger partial charge on any atom is 0.272 e. The van der Waals surface area contributed by atoms with Crippen molar-refractivity contribution in [3.8, 4) is 17.0 Å². The number of nitro benzene ring substituents is 1. The molecule has 1 heterocycles. The third-order valence-corrected chi connectivity index (χ3v) is 8.28. The van der Waals surface area contributed by atoms with Crippen LogP contribution in [0.4, 0.5) is 16.5 Å². The number of thioether (sulfide) groups is 1. The zero-order valence-corrected chi connectivity index (χ0v) is 26.5. The van der Waals surface area contributed by atoms with Gasteiger partial charge in [-0.15, -0.1) is 23.1 Å². The van der Waals surface area contributed by atoms with Crippen LogP contribution in [0.15, 0.2) is 119 Å². The maximum absolute atomic E-state index is 13.5. The minimum absolute atomic E-state index is 0.00807. The van der Waals surface area contributed by atoms with Gasteiger partial charge in [-0.3, -0.25) is 24.5 Å². The molecule has 3 N–H and O–H groups in total. The van der Waals surface area contributed by atoms with Gasteiger partial charge in [0.25, 0.3) is 17.5 Å². The number of amides is 3. The molecule has 0 spiro atoms. The summed E-state index contributed by atoms with van der Waals surface area (Å²) in [6.45, 7) is 0. The van der Waals surface area contributed by atoms with Gasteiger partial charge in [-0.05, 0) is 42.5 Å². The molecule has 0 atom stereocenters. The molecule has 0 aliphatic heterocycles. The van der Waals surface area contributed by atoms with Gasteiger partial charge in [-0.2, -0.15) is 0 Å². The second-order valence-corrected chi connectivity index (χ2v) is 11.7. The number of nitro groups is 1. The monoisotopic (exact) mass is 665 g/mol. The lowest BCUT2D eigenvalue weighted by Crippen LogP contribution is -2.30. The van der Waals surface area contributed by atoms with Crippen LogP contribution in [0.3, 0.4) is 0 Å². The van der Waals surface area contributed by atoms with Crippen molar-refractivity contribution in [2.75, 3.05) is 23.5 Å². The molecule has 236 valence electrons. The molecular formula is C34H27N5O6S2. The minimum Gasteiger partial charge on any atom is -0.496 e. The number of anilines is 2. The number of carbonyl (C=O) groups excluding carboxylic acids is 3. The van der Waals surface area contributed by atoms with E-state index in [0.29, 0.717) is 39.0 Å². The molecule has 47 heavy (non-hydrogen) atoms. The minimum atomic E-state index is -0.552. The van der Waals surface area contributed by atoms with Crippen molar-refractivity contribution in [3.05, 3.63) is 135 Å². The Bertz CT molecular complexity index is 1960. The quantitative estimate of drug-likeness (QED) is 0.0565. The first-order chi connectivity index (χ1) is 22.8. The molecule has 0 aliphatic carbocycles. The maximum atomic E-state index is 13.5. The molecule has 4 aromatic carbocycles. The summed E-state index contributed by atoms with van der Waals surface area (Å²) in [6.07, 6.45) is 1.54. The first-order valence-corrected chi connectivity index (χ1v) is 15.9. The molecule has 11 nitrogen and oxygen atoms in total. The van der Waals surface area contributed by atoms with Crippen LogP contribution in [0, 0.1) is 10.1 Å². The highest BCUT2D eigenvalue weighted by Crippen LogP contribution is 2.28. The number of ether oxygens (including phenoxy) is 1. The zero-order chi connectivity index (χ0) is 33.2. The van der Waals surface area contributed by atoms with Gasteiger partial charge in [-0.1, -0.05) is 54.6 Å². The fraction of sp³-hybridized carbons (Fsp3) is 0.0588. The molecule has 0 radical (unpaired) electrons. The number of non-ortho nitro benzene ring substituents is 1. The van der Waals surface area contributed by atoms with E-state index in [1.54, 1.807) is 102 Å². The Kier molecular flexibility index (Phi) is 10.7. The van der Waals surface area contributed by atoms with Gasteiger partial charge < -0.3 is 20.7 Å². The van der Waals surface area contributed by atoms with E-state index in [1.807, 2.05) is 0 Å². The number of hydrogen-bond acceptors (Lipinski definition) is 9. The topological polar surface area (TPSA) is 153 Å². The molecule has 3 amide bonds. The van der Waals surface area contributed by atoms with Crippen molar-refractivity contribution in [1.82, 2.24) is 10.3 Å². The largest absolute Gasteiger partial charge is 0.496 e. The Morgan fingerprint density at radius 1 is 0.936 bits per heavy atom. The molecular weight excluding hydrogens is 639 g/mol. The number of methoxy groups -OCH3 is 1. The van der Waals surface area contributed by atoms with Crippen molar-refractivity contribution >= 4 is 63.4 Å². The molecule has 0 bridgehead atoms. The lowest BCUT2D eigenvalue weighted by atomic mass is 10.1. The highest BCUT2D eigenvalue weighted by molar-refractivity contribution is 8.00. The van der Waals surface area contributed by atoms with Crippen LogP contribution in [0.25, 0.3) is 17.3 Å². The van der Waals surface area contributed by atoms with Crippen molar-refractivity contribution in [2.45, 2.75) is 4.90 Å². The average molecular weight is 666 g/mol. The second kappa shape index (κ2) is 15.5. The molecule has 1 aromatic heterocycles. The third-order valence-electron chi connectivity index (χ3n) is 6.53. The van der Waals surface area contributed by atoms with Crippen LogP contribution in [-0.2, 0) is 9.59 Å². The molecule has 5 aromatic rings. The number of nitrogens with zero attached hydrogens (tertiary/aromatic N) is 2. The Labute approximate surface area is 277 Å². The Hall–Kier alpha value is -5.79. The van der Waals surface area contributed by atoms with Crippen molar-refractivity contribution < 1.29 is 24.0 Å². The Morgan fingerprint density at radius 3 is 2.49 bits per heavy atom. The van der Waals surface area contributed by atoms with E-state index in [9.17, 15) is 24.5 Å². The lowest BCUT2D eigenvalue weighted by molar-refractivity contribution is -0.384. The number of thiazole rings is 1. The number of rotatable bonds is 12. The smallest absolute Gasteiger partial charge is 0.272 e. The van der Waals surface area contributed by atoms with Crippen LogP contribution in [-0.4, -0.2) is 40.5 Å². The SMILES string of the molecule is COc1ccccc1/C=C(/NC(=O)c1ccccc1)C(=O)Nc1cccc(SCC(=O)Nc2nc(-c3cccc([N+](=O)[O-])c3)cs2)c1. The Balaban J connectivity index is 1.23. The third kappa shape index (κ3) is 8.90. The summed E-state index contributed by atoms with van der Waals surface area (Å²) < 4.78 is 5.42. The number of nitrogens with one attached hydrogen (secondary N) is 3. The highest BCUT2D eigenvalue weighted by atomic mass is 32.2. The first-order valence-electron chi connectivity index (χ1n) is 14.0. The summed E-state index contributed by atoms with van der Waals surface area (Å²) in [7, 11) is 1.52. The zero-order valence-electron chi connectivity index (χ0n) is 24.8. The Morgan fingerprint density at radius 2 is 1.70 bits per heavy atom. The standard InChI is InChI=1S/C34H27N5O6S2/c1-45-30-16-6-5-11-24(30)18-28(36-32(41)22-9-3-2-4-10-22)33(42)35-25-13-8-15-27(19-25)46-21-31(40)38-34-37-29(20-47-34)23-12-7-14-26(17-23)39(43)44/h2-20H,21H2,1H3,(H,35,42)(H,36,41)(H,37,38,40)/b28-18+. The fourth-order valence-corrected chi connectivity index (χ4v) is 5.78. The highest BCUT2D eigenvalue weighted by Gasteiger charge is 2.17. The van der Waals surface area contributed by atoms with Crippen LogP contribution in [0.1, 0.15) is 15.9 Å². The van der Waals surface area contributed by atoms with Gasteiger partial charge >= 0.3 is 0 Å². The van der Waals surface area contributed by atoms with Crippen LogP contribution < -0.4 is 20.7 Å². The van der Waals surface area contributed by atoms with E-state index in [4.69, 9.17) is 4.74 Å².